The second kappa shape index (κ2) is 9.77. The van der Waals surface area contributed by atoms with E-state index < -0.39 is 17.9 Å². The number of nitrogens with one attached hydrogen (secondary N) is 2. The van der Waals surface area contributed by atoms with Gasteiger partial charge in [-0.05, 0) is 30.5 Å². The van der Waals surface area contributed by atoms with Crippen LogP contribution in [0, 0.1) is 0 Å². The zero-order chi connectivity index (χ0) is 23.7. The molecule has 1 aliphatic carbocycles. The molecule has 3 aromatic rings. The van der Waals surface area contributed by atoms with Gasteiger partial charge in [-0.2, -0.15) is 0 Å². The number of hydrogen-bond acceptors (Lipinski definition) is 5. The molecule has 0 saturated carbocycles. The van der Waals surface area contributed by atoms with Crippen LogP contribution in [0.1, 0.15) is 34.5 Å². The first-order chi connectivity index (χ1) is 15.8. The fraction of sp³-hybridized carbons (Fsp3) is 0.304. The molecule has 1 aliphatic rings. The average Bonchev–Trinajstić information content (AvgIpc) is 3.44. The molecule has 1 unspecified atom stereocenters. The Kier molecular flexibility index (Phi) is 6.99. The third-order valence-electron chi connectivity index (χ3n) is 5.69. The summed E-state index contributed by atoms with van der Waals surface area (Å²) in [5.74, 6) is -1.85. The number of fused-ring (bicyclic) bond motifs is 2. The maximum absolute atomic E-state index is 13.1. The largest absolute Gasteiger partial charge is 0.498 e. The summed E-state index contributed by atoms with van der Waals surface area (Å²) in [5.41, 5.74) is 2.82. The number of aliphatic carboxylic acids is 1. The third-order valence-corrected chi connectivity index (χ3v) is 7.62. The number of carbonyl (C=O) groups is 2. The number of methoxy groups -OCH3 is 1. The standard InChI is InChI=1S/C23H22Cl2N2O5S/c1-3-32-10-15(31-2)18(23(29)30)17-12-7-5-4-6-11(12)8-13(17)27-22(28)14-9-16-20(26-14)19(24)21(25)33-16/h4-7,9,13,17,26H,3,8,10H2,1-2H3,(H,27,28)(H,29,30)/b18-15-/t13?,17-/m1/s1. The van der Waals surface area contributed by atoms with Crippen LogP contribution in [-0.4, -0.2) is 48.3 Å². The van der Waals surface area contributed by atoms with Crippen LogP contribution in [0.15, 0.2) is 41.7 Å². The van der Waals surface area contributed by atoms with Crippen molar-refractivity contribution in [3.8, 4) is 0 Å². The molecule has 0 fully saturated rings. The number of carboxylic acid groups (broad SMARTS) is 1. The lowest BCUT2D eigenvalue weighted by Crippen LogP contribution is -2.40. The van der Waals surface area contributed by atoms with E-state index in [4.69, 9.17) is 32.7 Å². The van der Waals surface area contributed by atoms with Crippen LogP contribution in [0.3, 0.4) is 0 Å². The first-order valence-corrected chi connectivity index (χ1v) is 11.9. The van der Waals surface area contributed by atoms with Gasteiger partial charge in [-0.25, -0.2) is 4.79 Å². The van der Waals surface area contributed by atoms with Crippen molar-refractivity contribution in [1.29, 1.82) is 0 Å². The number of rotatable bonds is 8. The fourth-order valence-electron chi connectivity index (χ4n) is 4.24. The molecule has 2 atom stereocenters. The van der Waals surface area contributed by atoms with Crippen LogP contribution in [0.4, 0.5) is 0 Å². The molecular weight excluding hydrogens is 487 g/mol. The predicted molar refractivity (Wildman–Crippen MR) is 129 cm³/mol. The second-order valence-electron chi connectivity index (χ2n) is 7.56. The van der Waals surface area contributed by atoms with E-state index in [0.717, 1.165) is 15.8 Å². The minimum atomic E-state index is -1.12. The molecule has 10 heteroatoms. The van der Waals surface area contributed by atoms with Crippen molar-refractivity contribution in [3.63, 3.8) is 0 Å². The Labute approximate surface area is 204 Å². The van der Waals surface area contributed by atoms with E-state index in [-0.39, 0.29) is 23.8 Å². The molecule has 33 heavy (non-hydrogen) atoms. The summed E-state index contributed by atoms with van der Waals surface area (Å²) in [7, 11) is 1.42. The number of benzene rings is 1. The highest BCUT2D eigenvalue weighted by atomic mass is 35.5. The number of halogens is 2. The Hall–Kier alpha value is -2.52. The molecule has 0 saturated heterocycles. The molecule has 0 spiro atoms. The highest BCUT2D eigenvalue weighted by Crippen LogP contribution is 2.41. The summed E-state index contributed by atoms with van der Waals surface area (Å²) in [6.07, 6.45) is 0.483. The van der Waals surface area contributed by atoms with Crippen LogP contribution >= 0.6 is 34.5 Å². The number of thiophene rings is 1. The van der Waals surface area contributed by atoms with Gasteiger partial charge >= 0.3 is 5.97 Å². The quantitative estimate of drug-likeness (QED) is 0.293. The highest BCUT2D eigenvalue weighted by Gasteiger charge is 2.40. The van der Waals surface area contributed by atoms with Gasteiger partial charge in [0.05, 0.1) is 27.9 Å². The molecule has 1 amide bonds. The normalized spacial score (nSPS) is 18.2. The molecule has 2 heterocycles. The van der Waals surface area contributed by atoms with Crippen molar-refractivity contribution >= 4 is 56.6 Å². The summed E-state index contributed by atoms with van der Waals surface area (Å²) < 4.78 is 12.1. The first kappa shape index (κ1) is 23.6. The van der Waals surface area contributed by atoms with Gasteiger partial charge in [0.25, 0.3) is 5.91 Å². The van der Waals surface area contributed by atoms with Gasteiger partial charge < -0.3 is 24.9 Å². The van der Waals surface area contributed by atoms with E-state index in [1.165, 1.54) is 18.4 Å². The molecule has 3 N–H and O–H groups in total. The molecule has 7 nitrogen and oxygen atoms in total. The molecular formula is C23H22Cl2N2O5S. The van der Waals surface area contributed by atoms with Crippen molar-refractivity contribution < 1.29 is 24.2 Å². The lowest BCUT2D eigenvalue weighted by molar-refractivity contribution is -0.133. The molecule has 4 rings (SSSR count). The van der Waals surface area contributed by atoms with E-state index in [1.807, 2.05) is 31.2 Å². The number of aromatic amines is 1. The second-order valence-corrected chi connectivity index (χ2v) is 9.59. The zero-order valence-corrected chi connectivity index (χ0v) is 20.2. The maximum Gasteiger partial charge on any atom is 0.335 e. The Balaban J connectivity index is 1.70. The fourth-order valence-corrected chi connectivity index (χ4v) is 5.72. The lowest BCUT2D eigenvalue weighted by Gasteiger charge is -2.24. The van der Waals surface area contributed by atoms with Crippen LogP contribution < -0.4 is 5.32 Å². The number of carbonyl (C=O) groups excluding carboxylic acids is 1. The van der Waals surface area contributed by atoms with E-state index >= 15 is 0 Å². The van der Waals surface area contributed by atoms with Crippen molar-refractivity contribution in [1.82, 2.24) is 10.3 Å². The summed E-state index contributed by atoms with van der Waals surface area (Å²) in [5, 5.41) is 13.5. The van der Waals surface area contributed by atoms with Gasteiger partial charge in [0.15, 0.2) is 0 Å². The Morgan fingerprint density at radius 2 is 2.06 bits per heavy atom. The number of amides is 1. The van der Waals surface area contributed by atoms with E-state index in [9.17, 15) is 14.7 Å². The van der Waals surface area contributed by atoms with Crippen molar-refractivity contribution in [2.45, 2.75) is 25.3 Å². The van der Waals surface area contributed by atoms with Crippen molar-refractivity contribution in [3.05, 3.63) is 67.8 Å². The molecule has 0 aliphatic heterocycles. The Morgan fingerprint density at radius 3 is 2.73 bits per heavy atom. The molecule has 174 valence electrons. The number of H-pyrrole nitrogens is 1. The zero-order valence-electron chi connectivity index (χ0n) is 17.9. The molecule has 0 bridgehead atoms. The summed E-state index contributed by atoms with van der Waals surface area (Å²) in [4.78, 5) is 28.5. The first-order valence-electron chi connectivity index (χ1n) is 10.3. The molecule has 2 aromatic heterocycles. The van der Waals surface area contributed by atoms with Gasteiger partial charge in [0.2, 0.25) is 0 Å². The average molecular weight is 509 g/mol. The van der Waals surface area contributed by atoms with Crippen molar-refractivity contribution in [2.24, 2.45) is 0 Å². The van der Waals surface area contributed by atoms with E-state index in [0.29, 0.717) is 33.6 Å². The smallest absolute Gasteiger partial charge is 0.335 e. The van der Waals surface area contributed by atoms with Crippen LogP contribution in [-0.2, 0) is 20.7 Å². The van der Waals surface area contributed by atoms with Crippen LogP contribution in [0.2, 0.25) is 9.36 Å². The SMILES string of the molecule is CCOC/C(OC)=C(/C(=O)O)[C@@H]1c2ccccc2CC1NC(=O)c1cc2sc(Cl)c(Cl)c2[nH]1. The number of aromatic nitrogens is 1. The van der Waals surface area contributed by atoms with Gasteiger partial charge in [0, 0.05) is 18.6 Å². The molecule has 1 aromatic carbocycles. The summed E-state index contributed by atoms with van der Waals surface area (Å²) in [6, 6.07) is 8.77. The van der Waals surface area contributed by atoms with Crippen LogP contribution in [0.25, 0.3) is 10.2 Å². The minimum absolute atomic E-state index is 0.0279. The van der Waals surface area contributed by atoms with Crippen LogP contribution in [0.5, 0.6) is 0 Å². The van der Waals surface area contributed by atoms with E-state index in [2.05, 4.69) is 10.3 Å². The van der Waals surface area contributed by atoms with Gasteiger partial charge in [0.1, 0.15) is 22.4 Å². The van der Waals surface area contributed by atoms with E-state index in [1.54, 1.807) is 6.07 Å². The number of hydrogen-bond donors (Lipinski definition) is 3. The predicted octanol–water partition coefficient (Wildman–Crippen LogP) is 5.00. The Morgan fingerprint density at radius 1 is 1.30 bits per heavy atom. The highest BCUT2D eigenvalue weighted by molar-refractivity contribution is 7.23. The van der Waals surface area contributed by atoms with Crippen molar-refractivity contribution in [2.75, 3.05) is 20.3 Å². The monoisotopic (exact) mass is 508 g/mol. The van der Waals surface area contributed by atoms with Gasteiger partial charge in [-0.15, -0.1) is 11.3 Å². The topological polar surface area (TPSA) is 101 Å². The summed E-state index contributed by atoms with van der Waals surface area (Å²) >= 11 is 13.5. The lowest BCUT2D eigenvalue weighted by atomic mass is 9.88. The minimum Gasteiger partial charge on any atom is -0.498 e. The Bertz CT molecular complexity index is 1250. The van der Waals surface area contributed by atoms with Gasteiger partial charge in [-0.1, -0.05) is 47.5 Å². The van der Waals surface area contributed by atoms with Gasteiger partial charge in [-0.3, -0.25) is 4.79 Å². The third kappa shape index (κ3) is 4.48. The molecule has 0 radical (unpaired) electrons. The number of ether oxygens (including phenoxy) is 2. The maximum atomic E-state index is 13.1. The summed E-state index contributed by atoms with van der Waals surface area (Å²) in [6.45, 7) is 2.26. The number of carboxylic acids is 1.